The molecule has 4 aliphatic rings. The highest BCUT2D eigenvalue weighted by Crippen LogP contribution is 2.68. The number of Topliss-reactive ketones (excluding diaryl/α,β-unsaturated/α-hetero) is 1. The molecule has 29 heavy (non-hydrogen) atoms. The van der Waals surface area contributed by atoms with Gasteiger partial charge in [-0.2, -0.15) is 0 Å². The monoisotopic (exact) mass is 422 g/mol. The van der Waals surface area contributed by atoms with Gasteiger partial charge < -0.3 is 14.6 Å². The van der Waals surface area contributed by atoms with Crippen molar-refractivity contribution < 1.29 is 29.0 Å². The smallest absolute Gasteiger partial charge is 0.333 e. The zero-order valence-electron chi connectivity index (χ0n) is 17.2. The van der Waals surface area contributed by atoms with Crippen molar-refractivity contribution in [1.29, 1.82) is 0 Å². The molecule has 0 aromatic heterocycles. The van der Waals surface area contributed by atoms with Crippen LogP contribution in [0.3, 0.4) is 0 Å². The number of aliphatic hydroxyl groups excluding tert-OH is 1. The fraction of sp³-hybridized carbons (Fsp3) is 0.682. The summed E-state index contributed by atoms with van der Waals surface area (Å²) in [7, 11) is 0. The first-order valence-electron chi connectivity index (χ1n) is 10.2. The summed E-state index contributed by atoms with van der Waals surface area (Å²) in [5.74, 6) is -1.14. The van der Waals surface area contributed by atoms with E-state index in [9.17, 15) is 19.5 Å². The maximum atomic E-state index is 12.7. The summed E-state index contributed by atoms with van der Waals surface area (Å²) >= 11 is 6.61. The van der Waals surface area contributed by atoms with Gasteiger partial charge in [-0.15, -0.1) is 0 Å². The second kappa shape index (κ2) is 6.42. The summed E-state index contributed by atoms with van der Waals surface area (Å²) in [6.45, 7) is 6.77. The molecule has 0 bridgehead atoms. The second-order valence-electron chi connectivity index (χ2n) is 9.41. The molecule has 7 heteroatoms. The number of esters is 2. The third kappa shape index (κ3) is 2.54. The van der Waals surface area contributed by atoms with Gasteiger partial charge in [-0.3, -0.25) is 9.59 Å². The van der Waals surface area contributed by atoms with Crippen molar-refractivity contribution in [1.82, 2.24) is 0 Å². The minimum atomic E-state index is -1.28. The number of fused-ring (bicyclic) bond motifs is 5. The summed E-state index contributed by atoms with van der Waals surface area (Å²) in [6.07, 6.45) is 4.63. The Morgan fingerprint density at radius 2 is 1.86 bits per heavy atom. The van der Waals surface area contributed by atoms with Gasteiger partial charge in [-0.05, 0) is 62.9 Å². The first-order valence-corrected chi connectivity index (χ1v) is 10.5. The normalized spacial score (nSPS) is 45.8. The van der Waals surface area contributed by atoms with E-state index in [2.05, 4.69) is 0 Å². The number of cyclic esters (lactones) is 1. The number of carbonyl (C=O) groups excluding carboxylic acids is 3. The summed E-state index contributed by atoms with van der Waals surface area (Å²) in [5.41, 5.74) is -1.85. The number of rotatable bonds is 2. The lowest BCUT2D eigenvalue weighted by molar-refractivity contribution is -0.207. The Labute approximate surface area is 175 Å². The van der Waals surface area contributed by atoms with E-state index in [1.165, 1.54) is 19.9 Å². The highest BCUT2D eigenvalue weighted by Gasteiger charge is 2.68. The molecular formula is C22H27ClO6. The molecule has 1 heterocycles. The van der Waals surface area contributed by atoms with Crippen molar-refractivity contribution in [2.75, 3.05) is 0 Å². The SMILES string of the molecule is CC(=O)O[C@]1(C(C)=O)CC[C@H]2[C@@H]3C=C(Cl)C4=CC(=O)O[C@H](O)[C@]4(C)[C@H]3CC[C@@]21C. The summed E-state index contributed by atoms with van der Waals surface area (Å²) in [4.78, 5) is 36.5. The topological polar surface area (TPSA) is 89.9 Å². The predicted molar refractivity (Wildman–Crippen MR) is 104 cm³/mol. The Balaban J connectivity index is 1.81. The number of hydrogen-bond acceptors (Lipinski definition) is 6. The quantitative estimate of drug-likeness (QED) is 0.687. The molecule has 6 nitrogen and oxygen atoms in total. The van der Waals surface area contributed by atoms with Gasteiger partial charge in [0.1, 0.15) is 0 Å². The van der Waals surface area contributed by atoms with Crippen LogP contribution in [0.2, 0.25) is 0 Å². The predicted octanol–water partition coefficient (Wildman–Crippen LogP) is 3.26. The van der Waals surface area contributed by atoms with Crippen LogP contribution >= 0.6 is 11.6 Å². The number of halogens is 1. The third-order valence-electron chi connectivity index (χ3n) is 8.29. The van der Waals surface area contributed by atoms with Gasteiger partial charge in [-0.1, -0.05) is 24.6 Å². The minimum Gasteiger partial charge on any atom is -0.451 e. The summed E-state index contributed by atoms with van der Waals surface area (Å²) < 4.78 is 10.9. The number of allylic oxidation sites excluding steroid dienone is 2. The van der Waals surface area contributed by atoms with Crippen molar-refractivity contribution >= 4 is 29.3 Å². The molecule has 4 rings (SSSR count). The molecule has 1 aliphatic heterocycles. The fourth-order valence-electron chi connectivity index (χ4n) is 6.83. The Morgan fingerprint density at radius 1 is 1.21 bits per heavy atom. The summed E-state index contributed by atoms with van der Waals surface area (Å²) in [5, 5.41) is 11.2. The Morgan fingerprint density at radius 3 is 2.48 bits per heavy atom. The number of carbonyl (C=O) groups is 3. The van der Waals surface area contributed by atoms with Gasteiger partial charge in [0, 0.05) is 23.4 Å². The molecule has 0 aromatic rings. The molecule has 158 valence electrons. The lowest BCUT2D eigenvalue weighted by Crippen LogP contribution is -2.60. The molecule has 0 amide bonds. The van der Waals surface area contributed by atoms with Gasteiger partial charge in [0.05, 0.1) is 5.41 Å². The van der Waals surface area contributed by atoms with E-state index in [1.807, 2.05) is 19.9 Å². The van der Waals surface area contributed by atoms with E-state index >= 15 is 0 Å². The minimum absolute atomic E-state index is 0.00230. The Bertz CT molecular complexity index is 861. The van der Waals surface area contributed by atoms with Gasteiger partial charge in [-0.25, -0.2) is 4.79 Å². The zero-order chi connectivity index (χ0) is 21.4. The van der Waals surface area contributed by atoms with Crippen LogP contribution in [-0.2, 0) is 23.9 Å². The van der Waals surface area contributed by atoms with E-state index in [0.717, 1.165) is 6.42 Å². The van der Waals surface area contributed by atoms with Crippen LogP contribution in [0.15, 0.2) is 22.8 Å². The van der Waals surface area contributed by atoms with Gasteiger partial charge >= 0.3 is 11.9 Å². The number of aliphatic hydroxyl groups is 1. The molecule has 7 atom stereocenters. The van der Waals surface area contributed by atoms with E-state index in [4.69, 9.17) is 21.1 Å². The molecular weight excluding hydrogens is 396 g/mol. The van der Waals surface area contributed by atoms with Crippen LogP contribution in [0.25, 0.3) is 0 Å². The van der Waals surface area contributed by atoms with Crippen molar-refractivity contribution in [3.05, 3.63) is 22.8 Å². The molecule has 0 saturated heterocycles. The van der Waals surface area contributed by atoms with E-state index in [1.54, 1.807) is 0 Å². The van der Waals surface area contributed by atoms with Gasteiger partial charge in [0.25, 0.3) is 0 Å². The first-order chi connectivity index (χ1) is 13.5. The van der Waals surface area contributed by atoms with Crippen LogP contribution in [0.4, 0.5) is 0 Å². The molecule has 3 aliphatic carbocycles. The maximum absolute atomic E-state index is 12.7. The van der Waals surface area contributed by atoms with Crippen LogP contribution in [0.1, 0.15) is 53.4 Å². The third-order valence-corrected chi connectivity index (χ3v) is 8.62. The van der Waals surface area contributed by atoms with E-state index in [0.29, 0.717) is 29.9 Å². The highest BCUT2D eigenvalue weighted by molar-refractivity contribution is 6.32. The Kier molecular flexibility index (Phi) is 4.56. The molecule has 2 fully saturated rings. The lowest BCUT2D eigenvalue weighted by Gasteiger charge is -2.58. The average molecular weight is 423 g/mol. The van der Waals surface area contributed by atoms with Crippen molar-refractivity contribution in [3.8, 4) is 0 Å². The molecule has 0 aromatic carbocycles. The zero-order valence-corrected chi connectivity index (χ0v) is 17.9. The molecule has 1 N–H and O–H groups in total. The Hall–Kier alpha value is -1.66. The second-order valence-corrected chi connectivity index (χ2v) is 9.81. The lowest BCUT2D eigenvalue weighted by atomic mass is 9.48. The maximum Gasteiger partial charge on any atom is 0.333 e. The highest BCUT2D eigenvalue weighted by atomic mass is 35.5. The molecule has 0 unspecified atom stereocenters. The van der Waals surface area contributed by atoms with Crippen LogP contribution in [0.5, 0.6) is 0 Å². The van der Waals surface area contributed by atoms with Gasteiger partial charge in [0.15, 0.2) is 11.4 Å². The first kappa shape index (κ1) is 20.6. The fourth-order valence-corrected chi connectivity index (χ4v) is 7.23. The molecule has 0 spiro atoms. The van der Waals surface area contributed by atoms with E-state index in [-0.39, 0.29) is 23.5 Å². The largest absolute Gasteiger partial charge is 0.451 e. The summed E-state index contributed by atoms with van der Waals surface area (Å²) in [6, 6.07) is 0. The van der Waals surface area contributed by atoms with Crippen molar-refractivity contribution in [3.63, 3.8) is 0 Å². The standard InChI is InChI=1S/C22H27ClO6/c1-11(24)22(29-12(2)25)8-6-14-13-9-17(23)16-10-18(26)28-19(27)21(16,4)15(13)5-7-20(14,22)3/h9-10,13-15,19,27H,5-8H2,1-4H3/t13-,14-,15-,19-,20-,21+,22-/m0/s1. The molecule has 2 saturated carbocycles. The molecule has 0 radical (unpaired) electrons. The van der Waals surface area contributed by atoms with Gasteiger partial charge in [0.2, 0.25) is 6.29 Å². The number of ether oxygens (including phenoxy) is 2. The van der Waals surface area contributed by atoms with E-state index < -0.39 is 34.7 Å². The van der Waals surface area contributed by atoms with Crippen molar-refractivity contribution in [2.45, 2.75) is 65.3 Å². The van der Waals surface area contributed by atoms with Crippen molar-refractivity contribution in [2.24, 2.45) is 28.6 Å². The van der Waals surface area contributed by atoms with Crippen LogP contribution in [0, 0.1) is 28.6 Å². The van der Waals surface area contributed by atoms with Crippen LogP contribution in [-0.4, -0.2) is 34.7 Å². The average Bonchev–Trinajstić information content (AvgIpc) is 2.91. The number of ketones is 1. The van der Waals surface area contributed by atoms with Crippen LogP contribution < -0.4 is 0 Å². The number of hydrogen-bond donors (Lipinski definition) is 1.